The Morgan fingerprint density at radius 2 is 2.15 bits per heavy atom. The molecule has 20 heavy (non-hydrogen) atoms. The predicted molar refractivity (Wildman–Crippen MR) is 77.9 cm³/mol. The lowest BCUT2D eigenvalue weighted by molar-refractivity contribution is -0.000326. The molecule has 0 spiro atoms. The highest BCUT2D eigenvalue weighted by Crippen LogP contribution is 2.13. The lowest BCUT2D eigenvalue weighted by Gasteiger charge is -2.22. The van der Waals surface area contributed by atoms with Gasteiger partial charge in [0.2, 0.25) is 0 Å². The van der Waals surface area contributed by atoms with Crippen molar-refractivity contribution in [1.29, 1.82) is 0 Å². The molecule has 1 aromatic rings. The Bertz CT molecular complexity index is 395. The van der Waals surface area contributed by atoms with Crippen molar-refractivity contribution in [2.24, 2.45) is 0 Å². The van der Waals surface area contributed by atoms with Gasteiger partial charge in [-0.25, -0.2) is 0 Å². The average molecular weight is 283 g/mol. The van der Waals surface area contributed by atoms with Gasteiger partial charge >= 0.3 is 0 Å². The molecule has 114 valence electrons. The first-order valence-electron chi connectivity index (χ1n) is 6.90. The molecule has 1 rings (SSSR count). The zero-order chi connectivity index (χ0) is 15.0. The monoisotopic (exact) mass is 283 g/mol. The molecule has 0 heterocycles. The van der Waals surface area contributed by atoms with Crippen LogP contribution in [0.2, 0.25) is 0 Å². The zero-order valence-corrected chi connectivity index (χ0v) is 12.2. The van der Waals surface area contributed by atoms with E-state index in [2.05, 4.69) is 12.2 Å². The van der Waals surface area contributed by atoms with Gasteiger partial charge in [0.15, 0.2) is 0 Å². The number of aliphatic hydroxyl groups excluding tert-OH is 2. The molecule has 2 unspecified atom stereocenters. The van der Waals surface area contributed by atoms with Crippen molar-refractivity contribution < 1.29 is 20.1 Å². The van der Waals surface area contributed by atoms with Crippen molar-refractivity contribution in [2.75, 3.05) is 26.3 Å². The third kappa shape index (κ3) is 6.34. The molecule has 0 aliphatic carbocycles. The summed E-state index contributed by atoms with van der Waals surface area (Å²) in [6.45, 7) is 3.97. The van der Waals surface area contributed by atoms with Gasteiger partial charge in [0.05, 0.1) is 12.2 Å². The van der Waals surface area contributed by atoms with Gasteiger partial charge in [-0.2, -0.15) is 0 Å². The first-order valence-corrected chi connectivity index (χ1v) is 6.90. The normalized spacial score (nSPS) is 15.7. The minimum atomic E-state index is -1.17. The van der Waals surface area contributed by atoms with E-state index in [1.54, 1.807) is 0 Å². The maximum absolute atomic E-state index is 9.77. The van der Waals surface area contributed by atoms with Gasteiger partial charge < -0.3 is 25.4 Å². The molecule has 0 radical (unpaired) electrons. The van der Waals surface area contributed by atoms with Gasteiger partial charge in [-0.05, 0) is 31.0 Å². The maximum atomic E-state index is 9.77. The molecule has 2 atom stereocenters. The number of hydrogen-bond acceptors (Lipinski definition) is 5. The van der Waals surface area contributed by atoms with Crippen molar-refractivity contribution in [3.8, 4) is 5.75 Å². The molecule has 0 bridgehead atoms. The summed E-state index contributed by atoms with van der Waals surface area (Å²) in [4.78, 5) is 0. The van der Waals surface area contributed by atoms with E-state index in [0.29, 0.717) is 6.54 Å². The molecular weight excluding hydrogens is 258 g/mol. The van der Waals surface area contributed by atoms with Crippen LogP contribution >= 0.6 is 0 Å². The van der Waals surface area contributed by atoms with Crippen molar-refractivity contribution in [1.82, 2.24) is 5.32 Å². The van der Waals surface area contributed by atoms with Crippen LogP contribution in [0.5, 0.6) is 5.75 Å². The number of aryl methyl sites for hydroxylation is 1. The predicted octanol–water partition coefficient (Wildman–Crippen LogP) is 0.322. The van der Waals surface area contributed by atoms with E-state index < -0.39 is 11.7 Å². The third-order valence-electron chi connectivity index (χ3n) is 2.98. The second-order valence-corrected chi connectivity index (χ2v) is 5.25. The number of nitrogens with one attached hydrogen (secondary N) is 1. The lowest BCUT2D eigenvalue weighted by Crippen LogP contribution is -2.44. The Labute approximate surface area is 120 Å². The van der Waals surface area contributed by atoms with Gasteiger partial charge in [-0.15, -0.1) is 0 Å². The third-order valence-corrected chi connectivity index (χ3v) is 2.98. The SMILES string of the molecule is CCc1cccc(OCC(O)CNCC(C)(O)CO)c1. The molecule has 0 aliphatic rings. The second kappa shape index (κ2) is 8.21. The van der Waals surface area contributed by atoms with E-state index in [0.717, 1.165) is 12.2 Å². The number of aliphatic hydroxyl groups is 3. The first kappa shape index (κ1) is 16.9. The fourth-order valence-corrected chi connectivity index (χ4v) is 1.67. The quantitative estimate of drug-likeness (QED) is 0.525. The average Bonchev–Trinajstić information content (AvgIpc) is 2.45. The van der Waals surface area contributed by atoms with Crippen LogP contribution in [0.15, 0.2) is 24.3 Å². The Morgan fingerprint density at radius 1 is 1.40 bits per heavy atom. The topological polar surface area (TPSA) is 82.0 Å². The lowest BCUT2D eigenvalue weighted by atomic mass is 10.1. The Hall–Kier alpha value is -1.14. The zero-order valence-electron chi connectivity index (χ0n) is 12.2. The molecule has 0 fully saturated rings. The maximum Gasteiger partial charge on any atom is 0.119 e. The van der Waals surface area contributed by atoms with Crippen LogP contribution < -0.4 is 10.1 Å². The van der Waals surface area contributed by atoms with Gasteiger partial charge in [-0.1, -0.05) is 19.1 Å². The molecule has 5 nitrogen and oxygen atoms in total. The summed E-state index contributed by atoms with van der Waals surface area (Å²) < 4.78 is 5.52. The van der Waals surface area contributed by atoms with Crippen LogP contribution in [0.4, 0.5) is 0 Å². The van der Waals surface area contributed by atoms with Crippen LogP contribution in [-0.4, -0.2) is 53.3 Å². The summed E-state index contributed by atoms with van der Waals surface area (Å²) in [7, 11) is 0. The highest BCUT2D eigenvalue weighted by Gasteiger charge is 2.18. The van der Waals surface area contributed by atoms with Crippen molar-refractivity contribution in [3.05, 3.63) is 29.8 Å². The highest BCUT2D eigenvalue weighted by molar-refractivity contribution is 5.28. The summed E-state index contributed by atoms with van der Waals surface area (Å²) in [5.41, 5.74) is 0.0184. The van der Waals surface area contributed by atoms with E-state index in [4.69, 9.17) is 9.84 Å². The smallest absolute Gasteiger partial charge is 0.119 e. The highest BCUT2D eigenvalue weighted by atomic mass is 16.5. The van der Waals surface area contributed by atoms with Crippen molar-refractivity contribution in [2.45, 2.75) is 32.0 Å². The molecule has 0 saturated heterocycles. The fourth-order valence-electron chi connectivity index (χ4n) is 1.67. The standard InChI is InChI=1S/C15H25NO4/c1-3-12-5-4-6-14(7-12)20-9-13(18)8-16-10-15(2,19)11-17/h4-7,13,16-19H,3,8-11H2,1-2H3. The first-order chi connectivity index (χ1) is 9.46. The molecule has 1 aromatic carbocycles. The van der Waals surface area contributed by atoms with E-state index in [9.17, 15) is 10.2 Å². The summed E-state index contributed by atoms with van der Waals surface area (Å²) in [6.07, 6.45) is 0.271. The molecule has 0 saturated carbocycles. The van der Waals surface area contributed by atoms with Gasteiger partial charge in [0.25, 0.3) is 0 Å². The van der Waals surface area contributed by atoms with Crippen molar-refractivity contribution >= 4 is 0 Å². The van der Waals surface area contributed by atoms with E-state index in [-0.39, 0.29) is 19.8 Å². The molecule has 0 aliphatic heterocycles. The van der Waals surface area contributed by atoms with Crippen LogP contribution in [0.25, 0.3) is 0 Å². The number of hydrogen-bond donors (Lipinski definition) is 4. The largest absolute Gasteiger partial charge is 0.491 e. The molecule has 5 heteroatoms. The number of rotatable bonds is 9. The summed E-state index contributed by atoms with van der Waals surface area (Å²) in [6, 6.07) is 7.77. The minimum absolute atomic E-state index is 0.182. The van der Waals surface area contributed by atoms with Gasteiger partial charge in [-0.3, -0.25) is 0 Å². The molecule has 0 aromatic heterocycles. The molecule has 0 amide bonds. The fraction of sp³-hybridized carbons (Fsp3) is 0.600. The van der Waals surface area contributed by atoms with Crippen LogP contribution in [0.1, 0.15) is 19.4 Å². The molecular formula is C15H25NO4. The summed E-state index contributed by atoms with van der Waals surface area (Å²) >= 11 is 0. The van der Waals surface area contributed by atoms with Crippen molar-refractivity contribution in [3.63, 3.8) is 0 Å². The van der Waals surface area contributed by atoms with E-state index >= 15 is 0 Å². The Balaban J connectivity index is 2.27. The van der Waals surface area contributed by atoms with Crippen LogP contribution in [0.3, 0.4) is 0 Å². The minimum Gasteiger partial charge on any atom is -0.491 e. The second-order valence-electron chi connectivity index (χ2n) is 5.25. The van der Waals surface area contributed by atoms with Gasteiger partial charge in [0, 0.05) is 13.1 Å². The van der Waals surface area contributed by atoms with E-state index in [1.165, 1.54) is 12.5 Å². The number of ether oxygens (including phenoxy) is 1. The van der Waals surface area contributed by atoms with Crippen LogP contribution in [0, 0.1) is 0 Å². The molecule has 4 N–H and O–H groups in total. The van der Waals surface area contributed by atoms with Crippen LogP contribution in [-0.2, 0) is 6.42 Å². The van der Waals surface area contributed by atoms with Gasteiger partial charge in [0.1, 0.15) is 18.5 Å². The van der Waals surface area contributed by atoms with E-state index in [1.807, 2.05) is 24.3 Å². The Morgan fingerprint density at radius 3 is 2.80 bits per heavy atom. The number of benzene rings is 1. The summed E-state index contributed by atoms with van der Waals surface area (Å²) in [5.74, 6) is 0.741. The Kier molecular flexibility index (Phi) is 6.95. The summed E-state index contributed by atoms with van der Waals surface area (Å²) in [5, 5.41) is 31.1.